The first-order valence-corrected chi connectivity index (χ1v) is 15.9. The van der Waals surface area contributed by atoms with Crippen LogP contribution in [0, 0.1) is 0 Å². The predicted molar refractivity (Wildman–Crippen MR) is 153 cm³/mol. The first kappa shape index (κ1) is 33.0. The zero-order valence-electron chi connectivity index (χ0n) is 24.2. The smallest absolute Gasteiger partial charge is 0.0782 e. The van der Waals surface area contributed by atoms with Crippen LogP contribution in [0.25, 0.3) is 0 Å². The molecule has 0 N–H and O–H groups in total. The summed E-state index contributed by atoms with van der Waals surface area (Å²) in [5, 5.41) is 0. The third-order valence-corrected chi connectivity index (χ3v) is 7.73. The zero-order valence-corrected chi connectivity index (χ0v) is 24.2. The average molecular weight is 467 g/mol. The van der Waals surface area contributed by atoms with Gasteiger partial charge < -0.3 is 4.48 Å². The second-order valence-electron chi connectivity index (χ2n) is 11.9. The summed E-state index contributed by atoms with van der Waals surface area (Å²) < 4.78 is 1.24. The third kappa shape index (κ3) is 28.1. The minimum Gasteiger partial charge on any atom is -0.328 e. The molecule has 0 aliphatic rings. The van der Waals surface area contributed by atoms with E-state index in [1.54, 1.807) is 0 Å². The molecule has 0 unspecified atom stereocenters. The molecular weight excluding hydrogens is 398 g/mol. The molecule has 0 aliphatic heterocycles. The maximum atomic E-state index is 2.45. The highest BCUT2D eigenvalue weighted by atomic mass is 15.3. The minimum atomic E-state index is 1.24. The highest BCUT2D eigenvalue weighted by molar-refractivity contribution is 4.51. The lowest BCUT2D eigenvalue weighted by molar-refractivity contribution is -0.890. The second-order valence-corrected chi connectivity index (χ2v) is 11.9. The van der Waals surface area contributed by atoms with Gasteiger partial charge in [-0.25, -0.2) is 0 Å². The molecule has 200 valence electrons. The first-order chi connectivity index (χ1) is 16.1. The third-order valence-electron chi connectivity index (χ3n) is 7.73. The van der Waals surface area contributed by atoms with Gasteiger partial charge in [0, 0.05) is 0 Å². The van der Waals surface area contributed by atoms with Crippen molar-refractivity contribution in [3.8, 4) is 0 Å². The van der Waals surface area contributed by atoms with E-state index in [1.807, 2.05) is 0 Å². The van der Waals surface area contributed by atoms with Crippen molar-refractivity contribution in [2.75, 3.05) is 27.2 Å². The molecule has 0 atom stereocenters. The predicted octanol–water partition coefficient (Wildman–Crippen LogP) is 11.2. The standard InChI is InChI=1S/C32H68N/c1-5-7-9-11-13-15-16-17-18-19-20-21-22-23-24-26-28-30-32-33(3,4)31-29-27-25-14-12-10-8-6-2/h5-32H2,1-4H3/q+1. The fraction of sp³-hybridized carbons (Fsp3) is 1.00. The number of nitrogens with zero attached hydrogens (tertiary/aromatic N) is 1. The van der Waals surface area contributed by atoms with Crippen LogP contribution < -0.4 is 0 Å². The Morgan fingerprint density at radius 1 is 0.273 bits per heavy atom. The van der Waals surface area contributed by atoms with Crippen LogP contribution in [0.5, 0.6) is 0 Å². The summed E-state index contributed by atoms with van der Waals surface area (Å²) in [6.45, 7) is 7.38. The van der Waals surface area contributed by atoms with Crippen molar-refractivity contribution in [2.24, 2.45) is 0 Å². The van der Waals surface area contributed by atoms with Gasteiger partial charge in [0.25, 0.3) is 0 Å². The molecule has 1 heteroatoms. The van der Waals surface area contributed by atoms with Crippen LogP contribution in [-0.4, -0.2) is 31.7 Å². The monoisotopic (exact) mass is 467 g/mol. The van der Waals surface area contributed by atoms with Crippen LogP contribution in [-0.2, 0) is 0 Å². The Hall–Kier alpha value is -0.0400. The maximum Gasteiger partial charge on any atom is 0.0782 e. The molecule has 0 amide bonds. The van der Waals surface area contributed by atoms with Gasteiger partial charge in [-0.3, -0.25) is 0 Å². The first-order valence-electron chi connectivity index (χ1n) is 15.9. The molecule has 33 heavy (non-hydrogen) atoms. The number of hydrogen-bond donors (Lipinski definition) is 0. The van der Waals surface area contributed by atoms with E-state index < -0.39 is 0 Å². The van der Waals surface area contributed by atoms with Gasteiger partial charge in [-0.05, 0) is 25.7 Å². The van der Waals surface area contributed by atoms with Crippen LogP contribution in [0.15, 0.2) is 0 Å². The molecule has 0 saturated heterocycles. The Morgan fingerprint density at radius 2 is 0.455 bits per heavy atom. The minimum absolute atomic E-state index is 1.24. The molecule has 0 aromatic heterocycles. The largest absolute Gasteiger partial charge is 0.328 e. The normalized spacial score (nSPS) is 12.0. The molecule has 0 saturated carbocycles. The van der Waals surface area contributed by atoms with Crippen molar-refractivity contribution in [1.29, 1.82) is 0 Å². The molecule has 0 aromatic carbocycles. The maximum absolute atomic E-state index is 2.45. The van der Waals surface area contributed by atoms with Crippen molar-refractivity contribution >= 4 is 0 Å². The SMILES string of the molecule is CCCCCCCCCCCCCCCCCCCC[N+](C)(C)CCCCCCCCCC. The Labute approximate surface area is 212 Å². The molecular formula is C32H68N+. The van der Waals surface area contributed by atoms with Crippen LogP contribution in [0.4, 0.5) is 0 Å². The molecule has 0 aliphatic carbocycles. The van der Waals surface area contributed by atoms with E-state index in [1.165, 1.54) is 185 Å². The fourth-order valence-electron chi connectivity index (χ4n) is 5.23. The molecule has 0 heterocycles. The van der Waals surface area contributed by atoms with Crippen LogP contribution in [0.3, 0.4) is 0 Å². The number of quaternary nitrogens is 1. The van der Waals surface area contributed by atoms with Crippen LogP contribution in [0.2, 0.25) is 0 Å². The summed E-state index contributed by atoms with van der Waals surface area (Å²) in [4.78, 5) is 0. The van der Waals surface area contributed by atoms with Gasteiger partial charge in [-0.2, -0.15) is 0 Å². The highest BCUT2D eigenvalue weighted by Gasteiger charge is 2.13. The summed E-state index contributed by atoms with van der Waals surface area (Å²) in [5.74, 6) is 0. The van der Waals surface area contributed by atoms with Crippen molar-refractivity contribution in [2.45, 2.75) is 181 Å². The molecule has 0 rings (SSSR count). The summed E-state index contributed by atoms with van der Waals surface area (Å²) in [7, 11) is 4.91. The molecule has 1 nitrogen and oxygen atoms in total. The van der Waals surface area contributed by atoms with E-state index in [9.17, 15) is 0 Å². The summed E-state index contributed by atoms with van der Waals surface area (Å²) >= 11 is 0. The van der Waals surface area contributed by atoms with Crippen LogP contribution in [0.1, 0.15) is 181 Å². The average Bonchev–Trinajstić information content (AvgIpc) is 2.80. The van der Waals surface area contributed by atoms with Crippen molar-refractivity contribution < 1.29 is 4.48 Å². The van der Waals surface area contributed by atoms with Gasteiger partial charge in [-0.15, -0.1) is 0 Å². The lowest BCUT2D eigenvalue weighted by Gasteiger charge is -2.30. The molecule has 0 spiro atoms. The topological polar surface area (TPSA) is 0 Å². The van der Waals surface area contributed by atoms with Gasteiger partial charge in [-0.1, -0.05) is 155 Å². The number of unbranched alkanes of at least 4 members (excludes halogenated alkanes) is 24. The van der Waals surface area contributed by atoms with Gasteiger partial charge in [0.15, 0.2) is 0 Å². The zero-order chi connectivity index (χ0) is 24.3. The Bertz CT molecular complexity index is 348. The number of rotatable bonds is 28. The van der Waals surface area contributed by atoms with Crippen molar-refractivity contribution in [3.63, 3.8) is 0 Å². The van der Waals surface area contributed by atoms with E-state index in [0.29, 0.717) is 0 Å². The van der Waals surface area contributed by atoms with Gasteiger partial charge >= 0.3 is 0 Å². The van der Waals surface area contributed by atoms with Crippen molar-refractivity contribution in [3.05, 3.63) is 0 Å². The van der Waals surface area contributed by atoms with E-state index in [0.717, 1.165) is 0 Å². The van der Waals surface area contributed by atoms with E-state index in [2.05, 4.69) is 27.9 Å². The quantitative estimate of drug-likeness (QED) is 0.0794. The van der Waals surface area contributed by atoms with E-state index in [4.69, 9.17) is 0 Å². The van der Waals surface area contributed by atoms with E-state index >= 15 is 0 Å². The van der Waals surface area contributed by atoms with Gasteiger partial charge in [0.05, 0.1) is 27.2 Å². The Morgan fingerprint density at radius 3 is 0.667 bits per heavy atom. The molecule has 0 aromatic rings. The Balaban J connectivity index is 3.24. The fourth-order valence-corrected chi connectivity index (χ4v) is 5.23. The summed E-state index contributed by atoms with van der Waals surface area (Å²) in [6.07, 6.45) is 38.0. The molecule has 0 bridgehead atoms. The lowest BCUT2D eigenvalue weighted by atomic mass is 10.0. The number of hydrogen-bond acceptors (Lipinski definition) is 0. The van der Waals surface area contributed by atoms with Crippen molar-refractivity contribution in [1.82, 2.24) is 0 Å². The highest BCUT2D eigenvalue weighted by Crippen LogP contribution is 2.15. The van der Waals surface area contributed by atoms with Gasteiger partial charge in [0.2, 0.25) is 0 Å². The summed E-state index contributed by atoms with van der Waals surface area (Å²) in [6, 6.07) is 0. The van der Waals surface area contributed by atoms with E-state index in [-0.39, 0.29) is 0 Å². The second kappa shape index (κ2) is 26.6. The lowest BCUT2D eigenvalue weighted by Crippen LogP contribution is -2.41. The Kier molecular flexibility index (Phi) is 26.5. The molecule has 0 fully saturated rings. The van der Waals surface area contributed by atoms with Crippen LogP contribution >= 0.6 is 0 Å². The van der Waals surface area contributed by atoms with Gasteiger partial charge in [0.1, 0.15) is 0 Å². The molecule has 0 radical (unpaired) electrons. The summed E-state index contributed by atoms with van der Waals surface area (Å²) in [5.41, 5.74) is 0.